The molecular formula is C13H19N3O3S. The van der Waals surface area contributed by atoms with Gasteiger partial charge < -0.3 is 5.32 Å². The Morgan fingerprint density at radius 1 is 1.20 bits per heavy atom. The zero-order valence-electron chi connectivity index (χ0n) is 12.0. The van der Waals surface area contributed by atoms with Crippen LogP contribution in [0.15, 0.2) is 34.3 Å². The van der Waals surface area contributed by atoms with E-state index in [2.05, 4.69) is 15.2 Å². The minimum absolute atomic E-state index is 0.145. The third-order valence-corrected chi connectivity index (χ3v) is 3.94. The first-order chi connectivity index (χ1) is 9.22. The van der Waals surface area contributed by atoms with Gasteiger partial charge in [0, 0.05) is 6.92 Å². The number of aryl methyl sites for hydroxylation is 1. The lowest BCUT2D eigenvalue weighted by Gasteiger charge is -2.12. The van der Waals surface area contributed by atoms with Gasteiger partial charge in [0.05, 0.1) is 16.6 Å². The molecule has 0 saturated heterocycles. The van der Waals surface area contributed by atoms with Gasteiger partial charge in [-0.05, 0) is 32.9 Å². The zero-order valence-corrected chi connectivity index (χ0v) is 12.8. The molecule has 0 aliphatic heterocycles. The number of hydrazone groups is 1. The second-order valence-corrected chi connectivity index (χ2v) is 6.24. The van der Waals surface area contributed by atoms with Crippen molar-refractivity contribution in [2.45, 2.75) is 38.6 Å². The lowest BCUT2D eigenvalue weighted by atomic mass is 10.2. The summed E-state index contributed by atoms with van der Waals surface area (Å²) < 4.78 is 24.0. The lowest BCUT2D eigenvalue weighted by Crippen LogP contribution is -2.37. The molecule has 0 aliphatic rings. The number of benzene rings is 1. The molecule has 1 aromatic carbocycles. The Hall–Kier alpha value is -1.89. The maximum absolute atomic E-state index is 12.0. The van der Waals surface area contributed by atoms with Crippen LogP contribution in [-0.2, 0) is 14.8 Å². The van der Waals surface area contributed by atoms with Gasteiger partial charge >= 0.3 is 0 Å². The van der Waals surface area contributed by atoms with Gasteiger partial charge in [-0.15, -0.1) is 0 Å². The second-order valence-electron chi connectivity index (χ2n) is 4.58. The molecule has 1 amide bonds. The number of sulfonamides is 1. The highest BCUT2D eigenvalue weighted by molar-refractivity contribution is 7.89. The molecule has 0 aromatic heterocycles. The van der Waals surface area contributed by atoms with Crippen LogP contribution in [0.1, 0.15) is 26.3 Å². The van der Waals surface area contributed by atoms with E-state index < -0.39 is 10.0 Å². The number of nitrogens with one attached hydrogen (secondary N) is 2. The molecule has 0 heterocycles. The van der Waals surface area contributed by atoms with Gasteiger partial charge in [0.25, 0.3) is 10.0 Å². The average molecular weight is 297 g/mol. The van der Waals surface area contributed by atoms with E-state index in [1.807, 2.05) is 6.92 Å². The molecule has 0 spiro atoms. The van der Waals surface area contributed by atoms with Crippen molar-refractivity contribution < 1.29 is 13.2 Å². The normalized spacial score (nSPS) is 13.7. The first-order valence-corrected chi connectivity index (χ1v) is 7.60. The van der Waals surface area contributed by atoms with Gasteiger partial charge in [-0.3, -0.25) is 4.79 Å². The van der Waals surface area contributed by atoms with Gasteiger partial charge in [0.2, 0.25) is 5.91 Å². The van der Waals surface area contributed by atoms with Crippen LogP contribution in [0.3, 0.4) is 0 Å². The quantitative estimate of drug-likeness (QED) is 0.632. The molecule has 0 radical (unpaired) electrons. The van der Waals surface area contributed by atoms with Gasteiger partial charge in [0.15, 0.2) is 0 Å². The highest BCUT2D eigenvalue weighted by Crippen LogP contribution is 2.09. The molecule has 110 valence electrons. The Labute approximate surface area is 119 Å². The molecule has 0 fully saturated rings. The van der Waals surface area contributed by atoms with E-state index in [1.54, 1.807) is 26.0 Å². The number of carbonyl (C=O) groups excluding carboxylic acids is 1. The Morgan fingerprint density at radius 3 is 2.25 bits per heavy atom. The van der Waals surface area contributed by atoms with Crippen LogP contribution >= 0.6 is 0 Å². The predicted octanol–water partition coefficient (Wildman–Crippen LogP) is 1.17. The van der Waals surface area contributed by atoms with Crippen LogP contribution in [0.2, 0.25) is 0 Å². The Kier molecular flexibility index (Phi) is 5.26. The zero-order chi connectivity index (χ0) is 15.3. The van der Waals surface area contributed by atoms with E-state index in [4.69, 9.17) is 0 Å². The number of amides is 1. The van der Waals surface area contributed by atoms with E-state index >= 15 is 0 Å². The van der Waals surface area contributed by atoms with E-state index in [0.29, 0.717) is 5.71 Å². The molecule has 1 unspecified atom stereocenters. The van der Waals surface area contributed by atoms with Crippen molar-refractivity contribution in [3.8, 4) is 0 Å². The van der Waals surface area contributed by atoms with Gasteiger partial charge in [-0.2, -0.15) is 13.5 Å². The molecule has 1 atom stereocenters. The summed E-state index contributed by atoms with van der Waals surface area (Å²) in [6.07, 6.45) is 0. The fourth-order valence-electron chi connectivity index (χ4n) is 1.41. The van der Waals surface area contributed by atoms with Crippen LogP contribution in [0, 0.1) is 6.92 Å². The molecule has 6 nitrogen and oxygen atoms in total. The number of carbonyl (C=O) groups is 1. The maximum Gasteiger partial charge on any atom is 0.276 e. The summed E-state index contributed by atoms with van der Waals surface area (Å²) in [5.74, 6) is -0.201. The maximum atomic E-state index is 12.0. The second kappa shape index (κ2) is 6.51. The van der Waals surface area contributed by atoms with Gasteiger partial charge in [-0.25, -0.2) is 4.83 Å². The first kappa shape index (κ1) is 16.2. The van der Waals surface area contributed by atoms with Gasteiger partial charge in [-0.1, -0.05) is 17.7 Å². The van der Waals surface area contributed by atoms with Crippen LogP contribution < -0.4 is 10.1 Å². The number of rotatable bonds is 5. The summed E-state index contributed by atoms with van der Waals surface area (Å²) in [6, 6.07) is 6.11. The Morgan fingerprint density at radius 2 is 1.75 bits per heavy atom. The Balaban J connectivity index is 2.81. The van der Waals surface area contributed by atoms with Crippen molar-refractivity contribution in [2.24, 2.45) is 5.10 Å². The molecule has 20 heavy (non-hydrogen) atoms. The van der Waals surface area contributed by atoms with E-state index in [1.165, 1.54) is 19.1 Å². The van der Waals surface area contributed by atoms with Crippen molar-refractivity contribution in [3.63, 3.8) is 0 Å². The van der Waals surface area contributed by atoms with Gasteiger partial charge in [0.1, 0.15) is 0 Å². The third kappa shape index (κ3) is 4.65. The number of nitrogens with zero attached hydrogens (tertiary/aromatic N) is 1. The molecule has 0 bridgehead atoms. The minimum atomic E-state index is -3.68. The number of hydrogen-bond donors (Lipinski definition) is 2. The molecule has 7 heteroatoms. The van der Waals surface area contributed by atoms with Crippen molar-refractivity contribution in [1.82, 2.24) is 10.1 Å². The number of hydrogen-bond acceptors (Lipinski definition) is 4. The summed E-state index contributed by atoms with van der Waals surface area (Å²) in [6.45, 7) is 6.63. The first-order valence-electron chi connectivity index (χ1n) is 6.12. The SMILES string of the molecule is CC(=O)NC(C)/C(C)=N/NS(=O)(=O)c1ccc(C)cc1. The predicted molar refractivity (Wildman–Crippen MR) is 77.9 cm³/mol. The molecule has 1 aromatic rings. The summed E-state index contributed by atoms with van der Waals surface area (Å²) in [5, 5.41) is 6.43. The molecule has 0 saturated carbocycles. The van der Waals surface area contributed by atoms with Crippen LogP contribution in [0.4, 0.5) is 0 Å². The summed E-state index contributed by atoms with van der Waals surface area (Å²) in [5.41, 5.74) is 1.44. The van der Waals surface area contributed by atoms with E-state index in [9.17, 15) is 13.2 Å². The molecule has 2 N–H and O–H groups in total. The van der Waals surface area contributed by atoms with Crippen LogP contribution in [-0.4, -0.2) is 26.1 Å². The lowest BCUT2D eigenvalue weighted by molar-refractivity contribution is -0.119. The highest BCUT2D eigenvalue weighted by Gasteiger charge is 2.13. The van der Waals surface area contributed by atoms with E-state index in [0.717, 1.165) is 5.56 Å². The average Bonchev–Trinajstić information content (AvgIpc) is 2.35. The van der Waals surface area contributed by atoms with Crippen molar-refractivity contribution in [2.75, 3.05) is 0 Å². The van der Waals surface area contributed by atoms with Crippen LogP contribution in [0.5, 0.6) is 0 Å². The fourth-order valence-corrected chi connectivity index (χ4v) is 2.27. The molecule has 1 rings (SSSR count). The molecular weight excluding hydrogens is 278 g/mol. The summed E-state index contributed by atoms with van der Waals surface area (Å²) in [4.78, 5) is 13.2. The monoisotopic (exact) mass is 297 g/mol. The summed E-state index contributed by atoms with van der Waals surface area (Å²) in [7, 11) is -3.68. The van der Waals surface area contributed by atoms with E-state index in [-0.39, 0.29) is 16.8 Å². The van der Waals surface area contributed by atoms with Crippen molar-refractivity contribution in [3.05, 3.63) is 29.8 Å². The fraction of sp³-hybridized carbons (Fsp3) is 0.385. The van der Waals surface area contributed by atoms with Crippen molar-refractivity contribution >= 4 is 21.6 Å². The minimum Gasteiger partial charge on any atom is -0.349 e. The van der Waals surface area contributed by atoms with Crippen LogP contribution in [0.25, 0.3) is 0 Å². The summed E-state index contributed by atoms with van der Waals surface area (Å²) >= 11 is 0. The standard InChI is InChI=1S/C13H19N3O3S/c1-9-5-7-13(8-6-9)20(18,19)16-15-11(3)10(2)14-12(4)17/h5-8,10,16H,1-4H3,(H,14,17)/b15-11+. The Bertz CT molecular complexity index is 606. The third-order valence-electron chi connectivity index (χ3n) is 2.72. The highest BCUT2D eigenvalue weighted by atomic mass is 32.2. The topological polar surface area (TPSA) is 87.6 Å². The smallest absolute Gasteiger partial charge is 0.276 e. The van der Waals surface area contributed by atoms with Crippen molar-refractivity contribution in [1.29, 1.82) is 0 Å². The molecule has 0 aliphatic carbocycles. The largest absolute Gasteiger partial charge is 0.349 e.